The van der Waals surface area contributed by atoms with E-state index in [9.17, 15) is 9.59 Å². The Morgan fingerprint density at radius 1 is 0.918 bits per heavy atom. The van der Waals surface area contributed by atoms with Crippen molar-refractivity contribution < 1.29 is 14.3 Å². The number of carbonyl (C=O) groups is 2. The molecule has 0 aliphatic carbocycles. The van der Waals surface area contributed by atoms with Crippen LogP contribution in [-0.4, -0.2) is 64.6 Å². The van der Waals surface area contributed by atoms with Gasteiger partial charge in [-0.3, -0.25) is 14.6 Å². The van der Waals surface area contributed by atoms with Crippen molar-refractivity contribution in [2.24, 2.45) is 5.41 Å². The Bertz CT molecular complexity index is 2180. The fourth-order valence-corrected chi connectivity index (χ4v) is 8.43. The van der Waals surface area contributed by atoms with Crippen LogP contribution in [0.5, 0.6) is 0 Å². The summed E-state index contributed by atoms with van der Waals surface area (Å²) in [6.07, 6.45) is 6.27. The molecule has 0 saturated carbocycles. The standard InChI is InChI=1S/C38H33N7O3S/c46-36(27-5-3-17-40-35(27)44-22-38(23-44)14-19-48-20-15-38)41-26-11-9-24(10-12-26)37(47)45-18-13-25-21-31(34-42-28-6-1-2-7-29(28)43-34)49-33(25)32-30(45)8-4-16-39-32/h1-12,16-17,21H,13-15,18-20,22-23H2,(H,41,46)(H,42,43). The molecule has 4 aromatic heterocycles. The van der Waals surface area contributed by atoms with Crippen LogP contribution < -0.4 is 15.1 Å². The molecule has 49 heavy (non-hydrogen) atoms. The van der Waals surface area contributed by atoms with Gasteiger partial charge in [0.1, 0.15) is 17.3 Å². The van der Waals surface area contributed by atoms with Gasteiger partial charge in [-0.15, -0.1) is 11.3 Å². The first-order chi connectivity index (χ1) is 24.0. The van der Waals surface area contributed by atoms with Crippen LogP contribution in [0.3, 0.4) is 0 Å². The van der Waals surface area contributed by atoms with Gasteiger partial charge in [-0.1, -0.05) is 12.1 Å². The molecule has 1 spiro atoms. The lowest BCUT2D eigenvalue weighted by molar-refractivity contribution is -0.000509. The Hall–Kier alpha value is -5.39. The number of fused-ring (bicyclic) bond motifs is 4. The monoisotopic (exact) mass is 667 g/mol. The van der Waals surface area contributed by atoms with Gasteiger partial charge < -0.3 is 24.8 Å². The van der Waals surface area contributed by atoms with E-state index >= 15 is 0 Å². The average Bonchev–Trinajstić information content (AvgIpc) is 3.73. The molecule has 6 aromatic rings. The topological polar surface area (TPSA) is 116 Å². The maximum Gasteiger partial charge on any atom is 0.259 e. The van der Waals surface area contributed by atoms with E-state index in [1.807, 2.05) is 47.4 Å². The van der Waals surface area contributed by atoms with Crippen molar-refractivity contribution in [2.45, 2.75) is 19.3 Å². The van der Waals surface area contributed by atoms with E-state index in [1.165, 1.54) is 0 Å². The third kappa shape index (κ3) is 5.35. The second-order valence-corrected chi connectivity index (χ2v) is 14.1. The number of imidazole rings is 1. The van der Waals surface area contributed by atoms with Gasteiger partial charge in [-0.25, -0.2) is 9.97 Å². The summed E-state index contributed by atoms with van der Waals surface area (Å²) in [6, 6.07) is 24.7. The molecule has 244 valence electrons. The largest absolute Gasteiger partial charge is 0.381 e. The zero-order valence-corrected chi connectivity index (χ0v) is 27.5. The Labute approximate surface area is 286 Å². The zero-order valence-electron chi connectivity index (χ0n) is 26.7. The van der Waals surface area contributed by atoms with Crippen LogP contribution in [0.25, 0.3) is 32.3 Å². The number of hydrogen-bond donors (Lipinski definition) is 2. The molecular weight excluding hydrogens is 635 g/mol. The highest BCUT2D eigenvalue weighted by Gasteiger charge is 2.45. The predicted molar refractivity (Wildman–Crippen MR) is 191 cm³/mol. The normalized spacial score (nSPS) is 16.5. The molecule has 0 atom stereocenters. The summed E-state index contributed by atoms with van der Waals surface area (Å²) in [7, 11) is 0. The van der Waals surface area contributed by atoms with Crippen molar-refractivity contribution in [1.82, 2.24) is 19.9 Å². The number of anilines is 3. The molecule has 9 rings (SSSR count). The Morgan fingerprint density at radius 2 is 1.71 bits per heavy atom. The summed E-state index contributed by atoms with van der Waals surface area (Å²) < 4.78 is 5.56. The van der Waals surface area contributed by atoms with E-state index < -0.39 is 0 Å². The molecule has 11 heteroatoms. The van der Waals surface area contributed by atoms with Gasteiger partial charge in [0.2, 0.25) is 0 Å². The van der Waals surface area contributed by atoms with Gasteiger partial charge in [0.25, 0.3) is 11.8 Å². The summed E-state index contributed by atoms with van der Waals surface area (Å²) >= 11 is 1.64. The molecule has 3 aliphatic heterocycles. The molecule has 0 bridgehead atoms. The van der Waals surface area contributed by atoms with Gasteiger partial charge in [0, 0.05) is 61.9 Å². The molecule has 3 aliphatic rings. The molecule has 2 fully saturated rings. The number of benzene rings is 2. The van der Waals surface area contributed by atoms with Crippen molar-refractivity contribution in [1.29, 1.82) is 0 Å². The molecule has 7 heterocycles. The molecule has 0 radical (unpaired) electrons. The fraction of sp³-hybridized carbons (Fsp3) is 0.237. The highest BCUT2D eigenvalue weighted by atomic mass is 32.1. The smallest absolute Gasteiger partial charge is 0.259 e. The van der Waals surface area contributed by atoms with Gasteiger partial charge in [-0.05, 0) is 91.6 Å². The van der Waals surface area contributed by atoms with Gasteiger partial charge in [-0.2, -0.15) is 0 Å². The van der Waals surface area contributed by atoms with E-state index in [2.05, 4.69) is 26.3 Å². The van der Waals surface area contributed by atoms with Crippen molar-refractivity contribution in [3.8, 4) is 21.3 Å². The Balaban J connectivity index is 0.920. The lowest BCUT2D eigenvalue weighted by Crippen LogP contribution is -2.59. The SMILES string of the molecule is O=C(Nc1ccc(C(=O)N2CCc3cc(-c4nc5ccccc5[nH]4)sc3-c3ncccc32)cc1)c1cccnc1N1CC2(CCOCC2)C1. The number of aromatic amines is 1. The fourth-order valence-electron chi connectivity index (χ4n) is 7.26. The first-order valence-corrected chi connectivity index (χ1v) is 17.4. The van der Waals surface area contributed by atoms with Crippen molar-refractivity contribution in [3.05, 3.63) is 108 Å². The number of pyridine rings is 2. The molecule has 2 aromatic carbocycles. The van der Waals surface area contributed by atoms with Crippen molar-refractivity contribution >= 4 is 51.4 Å². The van der Waals surface area contributed by atoms with Crippen LogP contribution in [0.1, 0.15) is 39.1 Å². The molecule has 2 saturated heterocycles. The van der Waals surface area contributed by atoms with E-state index in [0.717, 1.165) is 82.7 Å². The van der Waals surface area contributed by atoms with Crippen LogP contribution in [0, 0.1) is 5.41 Å². The quantitative estimate of drug-likeness (QED) is 0.207. The maximum atomic E-state index is 14.0. The minimum Gasteiger partial charge on any atom is -0.381 e. The third-order valence-electron chi connectivity index (χ3n) is 9.90. The van der Waals surface area contributed by atoms with Crippen molar-refractivity contribution in [2.75, 3.05) is 48.0 Å². The highest BCUT2D eigenvalue weighted by Crippen LogP contribution is 2.44. The number of hydrogen-bond acceptors (Lipinski definition) is 8. The second-order valence-electron chi connectivity index (χ2n) is 13.0. The summed E-state index contributed by atoms with van der Waals surface area (Å²) in [4.78, 5) is 51.1. The second kappa shape index (κ2) is 11.9. The Morgan fingerprint density at radius 3 is 2.55 bits per heavy atom. The van der Waals surface area contributed by atoms with E-state index in [4.69, 9.17) is 14.7 Å². The first kappa shape index (κ1) is 29.7. The minimum atomic E-state index is -0.226. The van der Waals surface area contributed by atoms with Gasteiger partial charge in [0.15, 0.2) is 0 Å². The lowest BCUT2D eigenvalue weighted by atomic mass is 9.73. The zero-order chi connectivity index (χ0) is 33.0. The number of para-hydroxylation sites is 2. The summed E-state index contributed by atoms with van der Waals surface area (Å²) in [5, 5.41) is 3.01. The summed E-state index contributed by atoms with van der Waals surface area (Å²) in [5.41, 5.74) is 6.58. The van der Waals surface area contributed by atoms with Gasteiger partial charge in [0.05, 0.1) is 32.0 Å². The number of aromatic nitrogens is 4. The predicted octanol–water partition coefficient (Wildman–Crippen LogP) is 6.82. The molecular formula is C38H33N7O3S. The van der Waals surface area contributed by atoms with Crippen LogP contribution >= 0.6 is 11.3 Å². The number of nitrogens with zero attached hydrogens (tertiary/aromatic N) is 5. The number of carbonyl (C=O) groups excluding carboxylic acids is 2. The molecule has 2 N–H and O–H groups in total. The van der Waals surface area contributed by atoms with E-state index in [-0.39, 0.29) is 17.2 Å². The molecule has 10 nitrogen and oxygen atoms in total. The summed E-state index contributed by atoms with van der Waals surface area (Å²) in [5.74, 6) is 1.20. The number of H-pyrrole nitrogens is 1. The number of ether oxygens (including phenoxy) is 1. The van der Waals surface area contributed by atoms with Crippen molar-refractivity contribution in [3.63, 3.8) is 0 Å². The molecule has 0 unspecified atom stereocenters. The highest BCUT2D eigenvalue weighted by molar-refractivity contribution is 7.19. The number of amides is 2. The average molecular weight is 668 g/mol. The minimum absolute atomic E-state index is 0.117. The third-order valence-corrected chi connectivity index (χ3v) is 11.1. The lowest BCUT2D eigenvalue weighted by Gasteiger charge is -2.53. The van der Waals surface area contributed by atoms with E-state index in [0.29, 0.717) is 35.6 Å². The number of rotatable bonds is 5. The maximum absolute atomic E-state index is 14.0. The van der Waals surface area contributed by atoms with Crippen LogP contribution in [-0.2, 0) is 11.2 Å². The summed E-state index contributed by atoms with van der Waals surface area (Å²) in [6.45, 7) is 3.87. The van der Waals surface area contributed by atoms with Crippen LogP contribution in [0.4, 0.5) is 17.2 Å². The van der Waals surface area contributed by atoms with E-state index in [1.54, 1.807) is 54.1 Å². The first-order valence-electron chi connectivity index (χ1n) is 16.6. The van der Waals surface area contributed by atoms with Crippen LogP contribution in [0.15, 0.2) is 91.3 Å². The number of thiophene rings is 1. The number of nitrogens with one attached hydrogen (secondary N) is 2. The Kier molecular flexibility index (Phi) is 7.24. The molecule has 2 amide bonds. The van der Waals surface area contributed by atoms with Gasteiger partial charge >= 0.3 is 0 Å². The van der Waals surface area contributed by atoms with Crippen LogP contribution in [0.2, 0.25) is 0 Å².